The standard InChI is InChI=1S/C11H21N3OS/c1-8(2)9(10-6-13-7-14-10)5-11(3,4)16(12)15/h6-9H,5,12H2,1-4H3,(H,13,14)/t9-,16?/m0/s1. The van der Waals surface area contributed by atoms with Crippen LogP contribution in [0.1, 0.15) is 45.7 Å². The van der Waals surface area contributed by atoms with Crippen LogP contribution in [0.3, 0.4) is 0 Å². The number of nitrogens with zero attached hydrogens (tertiary/aromatic N) is 1. The number of imidazole rings is 1. The number of hydrogen-bond acceptors (Lipinski definition) is 2. The summed E-state index contributed by atoms with van der Waals surface area (Å²) >= 11 is 0. The smallest absolute Gasteiger partial charge is 0.0945 e. The van der Waals surface area contributed by atoms with E-state index < -0.39 is 11.0 Å². The highest BCUT2D eigenvalue weighted by atomic mass is 32.2. The molecule has 1 unspecified atom stereocenters. The van der Waals surface area contributed by atoms with Crippen LogP contribution in [0.15, 0.2) is 12.5 Å². The fraction of sp³-hybridized carbons (Fsp3) is 0.727. The second-order valence-electron chi connectivity index (χ2n) is 5.12. The van der Waals surface area contributed by atoms with E-state index in [0.717, 1.165) is 12.1 Å². The number of aromatic amines is 1. The molecule has 0 aliphatic carbocycles. The van der Waals surface area contributed by atoms with E-state index in [1.807, 2.05) is 20.0 Å². The molecule has 4 nitrogen and oxygen atoms in total. The van der Waals surface area contributed by atoms with Crippen LogP contribution >= 0.6 is 0 Å². The Kier molecular flexibility index (Phi) is 4.27. The average Bonchev–Trinajstić information content (AvgIpc) is 2.66. The molecule has 16 heavy (non-hydrogen) atoms. The molecule has 0 amide bonds. The van der Waals surface area contributed by atoms with Gasteiger partial charge in [0.2, 0.25) is 0 Å². The second kappa shape index (κ2) is 5.10. The molecule has 92 valence electrons. The van der Waals surface area contributed by atoms with Gasteiger partial charge in [0.05, 0.1) is 22.1 Å². The van der Waals surface area contributed by atoms with Crippen molar-refractivity contribution < 1.29 is 4.21 Å². The molecule has 0 radical (unpaired) electrons. The summed E-state index contributed by atoms with van der Waals surface area (Å²) in [5.74, 6) is 0.772. The number of hydrogen-bond donors (Lipinski definition) is 2. The molecule has 0 fully saturated rings. The summed E-state index contributed by atoms with van der Waals surface area (Å²) in [5.41, 5.74) is 1.09. The lowest BCUT2D eigenvalue weighted by atomic mass is 9.85. The lowest BCUT2D eigenvalue weighted by molar-refractivity contribution is 0.415. The number of nitrogens with two attached hydrogens (primary N) is 1. The van der Waals surface area contributed by atoms with Gasteiger partial charge in [-0.05, 0) is 26.2 Å². The minimum atomic E-state index is -1.31. The van der Waals surface area contributed by atoms with Gasteiger partial charge in [0.25, 0.3) is 0 Å². The van der Waals surface area contributed by atoms with E-state index >= 15 is 0 Å². The first-order valence-electron chi connectivity index (χ1n) is 5.49. The summed E-state index contributed by atoms with van der Waals surface area (Å²) in [6.45, 7) is 8.19. The number of rotatable bonds is 5. The van der Waals surface area contributed by atoms with Crippen molar-refractivity contribution >= 4 is 11.0 Å². The maximum atomic E-state index is 11.5. The Balaban J connectivity index is 2.86. The first kappa shape index (κ1) is 13.4. The Morgan fingerprint density at radius 2 is 2.19 bits per heavy atom. The van der Waals surface area contributed by atoms with Gasteiger partial charge in [0, 0.05) is 17.8 Å². The van der Waals surface area contributed by atoms with Gasteiger partial charge in [-0.15, -0.1) is 0 Å². The van der Waals surface area contributed by atoms with Crippen molar-refractivity contribution in [3.63, 3.8) is 0 Å². The molecule has 0 spiro atoms. The Morgan fingerprint density at radius 1 is 1.56 bits per heavy atom. The zero-order valence-corrected chi connectivity index (χ0v) is 11.2. The van der Waals surface area contributed by atoms with E-state index in [9.17, 15) is 4.21 Å². The highest BCUT2D eigenvalue weighted by Crippen LogP contribution is 2.33. The Morgan fingerprint density at radius 3 is 2.56 bits per heavy atom. The monoisotopic (exact) mass is 243 g/mol. The maximum absolute atomic E-state index is 11.5. The van der Waals surface area contributed by atoms with Crippen molar-refractivity contribution in [2.45, 2.75) is 44.8 Å². The quantitative estimate of drug-likeness (QED) is 0.829. The van der Waals surface area contributed by atoms with Crippen molar-refractivity contribution in [3.05, 3.63) is 18.2 Å². The normalized spacial score (nSPS) is 16.4. The fourth-order valence-electron chi connectivity index (χ4n) is 1.79. The minimum Gasteiger partial charge on any atom is -0.348 e. The largest absolute Gasteiger partial charge is 0.348 e. The topological polar surface area (TPSA) is 71.8 Å². The van der Waals surface area contributed by atoms with Gasteiger partial charge in [-0.25, -0.2) is 9.19 Å². The van der Waals surface area contributed by atoms with E-state index in [2.05, 4.69) is 23.8 Å². The van der Waals surface area contributed by atoms with E-state index in [0.29, 0.717) is 11.8 Å². The van der Waals surface area contributed by atoms with Crippen LogP contribution in [0, 0.1) is 5.92 Å². The van der Waals surface area contributed by atoms with Gasteiger partial charge in [-0.2, -0.15) is 0 Å². The molecule has 1 rings (SSSR count). The molecular formula is C11H21N3OS. The summed E-state index contributed by atoms with van der Waals surface area (Å²) < 4.78 is 11.1. The van der Waals surface area contributed by atoms with Crippen molar-refractivity contribution in [2.75, 3.05) is 0 Å². The van der Waals surface area contributed by atoms with E-state index in [1.165, 1.54) is 0 Å². The third kappa shape index (κ3) is 3.15. The Labute approximate surface area is 99.6 Å². The van der Waals surface area contributed by atoms with E-state index in [4.69, 9.17) is 5.14 Å². The fourth-order valence-corrected chi connectivity index (χ4v) is 2.13. The predicted molar refractivity (Wildman–Crippen MR) is 67.2 cm³/mol. The highest BCUT2D eigenvalue weighted by Gasteiger charge is 2.30. The van der Waals surface area contributed by atoms with E-state index in [1.54, 1.807) is 6.33 Å². The molecule has 1 aromatic rings. The van der Waals surface area contributed by atoms with Crippen LogP contribution in [0.2, 0.25) is 0 Å². The first-order chi connectivity index (χ1) is 7.34. The van der Waals surface area contributed by atoms with Crippen LogP contribution < -0.4 is 5.14 Å². The molecule has 1 aromatic heterocycles. The van der Waals surface area contributed by atoms with E-state index in [-0.39, 0.29) is 4.75 Å². The van der Waals surface area contributed by atoms with Gasteiger partial charge in [-0.3, -0.25) is 5.14 Å². The number of H-pyrrole nitrogens is 1. The zero-order valence-electron chi connectivity index (χ0n) is 10.4. The van der Waals surface area contributed by atoms with Crippen LogP contribution in [0.25, 0.3) is 0 Å². The molecule has 0 bridgehead atoms. The molecule has 1 heterocycles. The van der Waals surface area contributed by atoms with Crippen LogP contribution in [0.5, 0.6) is 0 Å². The van der Waals surface area contributed by atoms with Gasteiger partial charge in [-0.1, -0.05) is 13.8 Å². The van der Waals surface area contributed by atoms with Crippen molar-refractivity contribution in [3.8, 4) is 0 Å². The van der Waals surface area contributed by atoms with Crippen LogP contribution in [-0.4, -0.2) is 18.9 Å². The maximum Gasteiger partial charge on any atom is 0.0945 e. The molecule has 0 saturated heterocycles. The Hall–Kier alpha value is -0.680. The molecule has 3 N–H and O–H groups in total. The summed E-state index contributed by atoms with van der Waals surface area (Å²) in [6.07, 6.45) is 4.30. The van der Waals surface area contributed by atoms with Crippen molar-refractivity contribution in [1.29, 1.82) is 0 Å². The summed E-state index contributed by atoms with van der Waals surface area (Å²) in [5, 5.41) is 5.52. The van der Waals surface area contributed by atoms with Crippen LogP contribution in [-0.2, 0) is 11.0 Å². The van der Waals surface area contributed by atoms with Crippen LogP contribution in [0.4, 0.5) is 0 Å². The van der Waals surface area contributed by atoms with Gasteiger partial charge in [0.15, 0.2) is 0 Å². The molecule has 0 aliphatic rings. The third-order valence-electron chi connectivity index (χ3n) is 2.98. The summed E-state index contributed by atoms with van der Waals surface area (Å²) in [6, 6.07) is 0. The zero-order chi connectivity index (χ0) is 12.3. The SMILES string of the molecule is CC(C)[C@H](CC(C)(C)S(N)=O)c1cnc[nH]1. The Bertz CT molecular complexity index is 346. The van der Waals surface area contributed by atoms with Gasteiger partial charge >= 0.3 is 0 Å². The van der Waals surface area contributed by atoms with Gasteiger partial charge in [0.1, 0.15) is 0 Å². The van der Waals surface area contributed by atoms with Gasteiger partial charge < -0.3 is 4.98 Å². The first-order valence-corrected chi connectivity index (χ1v) is 6.70. The highest BCUT2D eigenvalue weighted by molar-refractivity contribution is 7.84. The summed E-state index contributed by atoms with van der Waals surface area (Å²) in [4.78, 5) is 7.17. The lowest BCUT2D eigenvalue weighted by Crippen LogP contribution is -2.34. The van der Waals surface area contributed by atoms with Crippen molar-refractivity contribution in [1.82, 2.24) is 9.97 Å². The summed E-state index contributed by atoms with van der Waals surface area (Å²) in [7, 11) is -1.31. The second-order valence-corrected chi connectivity index (χ2v) is 6.82. The predicted octanol–water partition coefficient (Wildman–Crippen LogP) is 1.94. The third-order valence-corrected chi connectivity index (χ3v) is 4.24. The van der Waals surface area contributed by atoms with Crippen molar-refractivity contribution in [2.24, 2.45) is 11.1 Å². The average molecular weight is 243 g/mol. The molecule has 2 atom stereocenters. The number of aromatic nitrogens is 2. The minimum absolute atomic E-state index is 0.310. The lowest BCUT2D eigenvalue weighted by Gasteiger charge is -2.29. The molecule has 5 heteroatoms. The number of nitrogens with one attached hydrogen (secondary N) is 1. The molecular weight excluding hydrogens is 222 g/mol. The molecule has 0 aromatic carbocycles. The molecule has 0 saturated carbocycles. The molecule has 0 aliphatic heterocycles.